The Balaban J connectivity index is 1.92. The van der Waals surface area contributed by atoms with Crippen LogP contribution in [0.1, 0.15) is 45.1 Å². The van der Waals surface area contributed by atoms with Gasteiger partial charge in [-0.2, -0.15) is 0 Å². The number of benzene rings is 1. The molecule has 1 aliphatic rings. The van der Waals surface area contributed by atoms with Crippen molar-refractivity contribution in [2.75, 3.05) is 47.5 Å². The Hall–Kier alpha value is -2.15. The van der Waals surface area contributed by atoms with Gasteiger partial charge in [0.25, 0.3) is 0 Å². The first-order chi connectivity index (χ1) is 14.1. The second kappa shape index (κ2) is 12.4. The van der Waals surface area contributed by atoms with Gasteiger partial charge < -0.3 is 29.7 Å². The Morgan fingerprint density at radius 2 is 1.83 bits per heavy atom. The molecule has 7 heteroatoms. The first kappa shape index (κ1) is 23.1. The minimum absolute atomic E-state index is 0.523. The molecule has 1 saturated heterocycles. The molecular formula is C22H38N4O3. The van der Waals surface area contributed by atoms with Crippen LogP contribution in [0.2, 0.25) is 0 Å². The predicted molar refractivity (Wildman–Crippen MR) is 118 cm³/mol. The van der Waals surface area contributed by atoms with Crippen molar-refractivity contribution in [3.8, 4) is 17.2 Å². The minimum Gasteiger partial charge on any atom is -0.493 e. The van der Waals surface area contributed by atoms with Crippen molar-refractivity contribution < 1.29 is 14.2 Å². The molecule has 0 saturated carbocycles. The molecule has 0 aromatic heterocycles. The van der Waals surface area contributed by atoms with E-state index in [1.54, 1.807) is 21.3 Å². The van der Waals surface area contributed by atoms with Crippen LogP contribution >= 0.6 is 0 Å². The van der Waals surface area contributed by atoms with Crippen molar-refractivity contribution in [2.24, 2.45) is 4.99 Å². The summed E-state index contributed by atoms with van der Waals surface area (Å²) in [6.45, 7) is 9.04. The summed E-state index contributed by atoms with van der Waals surface area (Å²) in [4.78, 5) is 7.32. The quantitative estimate of drug-likeness (QED) is 0.354. The number of nitrogens with one attached hydrogen (secondary N) is 2. The molecule has 0 spiro atoms. The van der Waals surface area contributed by atoms with Crippen molar-refractivity contribution in [3.63, 3.8) is 0 Å². The maximum absolute atomic E-state index is 5.43. The molecule has 164 valence electrons. The lowest BCUT2D eigenvalue weighted by atomic mass is 10.0. The smallest absolute Gasteiger partial charge is 0.203 e. The van der Waals surface area contributed by atoms with Crippen LogP contribution in [0.15, 0.2) is 17.1 Å². The minimum atomic E-state index is 0.523. The van der Waals surface area contributed by atoms with Crippen LogP contribution in [0.5, 0.6) is 17.2 Å². The number of guanidine groups is 1. The molecular weight excluding hydrogens is 368 g/mol. The average Bonchev–Trinajstić information content (AvgIpc) is 2.75. The van der Waals surface area contributed by atoms with Gasteiger partial charge in [-0.15, -0.1) is 0 Å². The third kappa shape index (κ3) is 6.99. The van der Waals surface area contributed by atoms with Crippen molar-refractivity contribution in [2.45, 2.75) is 52.1 Å². The van der Waals surface area contributed by atoms with Gasteiger partial charge >= 0.3 is 0 Å². The number of hydrogen-bond acceptors (Lipinski definition) is 5. The van der Waals surface area contributed by atoms with Crippen molar-refractivity contribution >= 4 is 5.96 Å². The SMILES string of the molecule is CCNC(=NCc1cc(OC)c(OC)c(OC)c1)NCCCN1CCCCC1C. The van der Waals surface area contributed by atoms with Crippen LogP contribution < -0.4 is 24.8 Å². The fraction of sp³-hybridized carbons (Fsp3) is 0.682. The fourth-order valence-corrected chi connectivity index (χ4v) is 3.72. The average molecular weight is 407 g/mol. The van der Waals surface area contributed by atoms with E-state index in [9.17, 15) is 0 Å². The highest BCUT2D eigenvalue weighted by molar-refractivity contribution is 5.79. The van der Waals surface area contributed by atoms with Crippen molar-refractivity contribution in [1.29, 1.82) is 0 Å². The number of rotatable bonds is 10. The summed E-state index contributed by atoms with van der Waals surface area (Å²) in [6.07, 6.45) is 5.13. The van der Waals surface area contributed by atoms with Gasteiger partial charge in [-0.25, -0.2) is 4.99 Å². The molecule has 0 bridgehead atoms. The van der Waals surface area contributed by atoms with E-state index in [1.165, 1.54) is 25.8 Å². The third-order valence-electron chi connectivity index (χ3n) is 5.34. The monoisotopic (exact) mass is 406 g/mol. The number of methoxy groups -OCH3 is 3. The molecule has 1 aliphatic heterocycles. The Morgan fingerprint density at radius 1 is 1.10 bits per heavy atom. The summed E-state index contributed by atoms with van der Waals surface area (Å²) in [5, 5.41) is 6.77. The number of hydrogen-bond donors (Lipinski definition) is 2. The topological polar surface area (TPSA) is 67.4 Å². The first-order valence-electron chi connectivity index (χ1n) is 10.7. The zero-order valence-corrected chi connectivity index (χ0v) is 18.7. The van der Waals surface area contributed by atoms with E-state index in [2.05, 4.69) is 29.4 Å². The number of aliphatic imine (C=N–C) groups is 1. The van der Waals surface area contributed by atoms with Gasteiger partial charge in [0.2, 0.25) is 5.75 Å². The second-order valence-electron chi connectivity index (χ2n) is 7.39. The van der Waals surface area contributed by atoms with Crippen LogP contribution in [0.4, 0.5) is 0 Å². The van der Waals surface area contributed by atoms with E-state index in [4.69, 9.17) is 19.2 Å². The number of piperidine rings is 1. The zero-order valence-electron chi connectivity index (χ0n) is 18.7. The highest BCUT2D eigenvalue weighted by atomic mass is 16.5. The third-order valence-corrected chi connectivity index (χ3v) is 5.34. The molecule has 1 heterocycles. The Kier molecular flexibility index (Phi) is 9.91. The molecule has 1 aromatic rings. The van der Waals surface area contributed by atoms with Crippen LogP contribution in [0.25, 0.3) is 0 Å². The summed E-state index contributed by atoms with van der Waals surface area (Å²) in [5.41, 5.74) is 0.999. The standard InChI is InChI=1S/C22H38N4O3/c1-6-23-22(24-11-9-13-26-12-8-7-10-17(26)2)25-16-18-14-19(27-3)21(29-5)20(15-18)28-4/h14-15,17H,6-13,16H2,1-5H3,(H2,23,24,25). The summed E-state index contributed by atoms with van der Waals surface area (Å²) in [5.74, 6) is 2.71. The fourth-order valence-electron chi connectivity index (χ4n) is 3.72. The molecule has 29 heavy (non-hydrogen) atoms. The molecule has 1 atom stereocenters. The summed E-state index contributed by atoms with van der Waals surface area (Å²) in [7, 11) is 4.86. The summed E-state index contributed by atoms with van der Waals surface area (Å²) in [6, 6.07) is 4.59. The van der Waals surface area contributed by atoms with Gasteiger partial charge in [-0.3, -0.25) is 0 Å². The van der Waals surface area contributed by atoms with Crippen molar-refractivity contribution in [1.82, 2.24) is 15.5 Å². The van der Waals surface area contributed by atoms with Gasteiger partial charge in [-0.1, -0.05) is 6.42 Å². The van der Waals surface area contributed by atoms with E-state index in [1.807, 2.05) is 12.1 Å². The molecule has 1 aromatic carbocycles. The van der Waals surface area contributed by atoms with E-state index >= 15 is 0 Å². The van der Waals surface area contributed by atoms with E-state index in [0.29, 0.717) is 29.8 Å². The molecule has 7 nitrogen and oxygen atoms in total. The van der Waals surface area contributed by atoms with Crippen LogP contribution in [0.3, 0.4) is 0 Å². The van der Waals surface area contributed by atoms with Crippen molar-refractivity contribution in [3.05, 3.63) is 17.7 Å². The molecule has 2 N–H and O–H groups in total. The van der Waals surface area contributed by atoms with Gasteiger partial charge in [-0.05, 0) is 57.4 Å². The zero-order chi connectivity index (χ0) is 21.1. The lowest BCUT2D eigenvalue weighted by Gasteiger charge is -2.33. The second-order valence-corrected chi connectivity index (χ2v) is 7.39. The maximum atomic E-state index is 5.43. The summed E-state index contributed by atoms with van der Waals surface area (Å²) < 4.78 is 16.2. The van der Waals surface area contributed by atoms with Gasteiger partial charge in [0.1, 0.15) is 0 Å². The van der Waals surface area contributed by atoms with Crippen LogP contribution in [-0.4, -0.2) is 64.4 Å². The Bertz CT molecular complexity index is 626. The molecule has 2 rings (SSSR count). The molecule has 0 aliphatic carbocycles. The highest BCUT2D eigenvalue weighted by Crippen LogP contribution is 2.38. The largest absolute Gasteiger partial charge is 0.493 e. The van der Waals surface area contributed by atoms with Crippen LogP contribution in [-0.2, 0) is 6.54 Å². The predicted octanol–water partition coefficient (Wildman–Crippen LogP) is 3.03. The normalized spacial score (nSPS) is 17.7. The summed E-state index contributed by atoms with van der Waals surface area (Å²) >= 11 is 0. The Labute approximate surface area is 175 Å². The molecule has 1 unspecified atom stereocenters. The van der Waals surface area contributed by atoms with E-state index in [0.717, 1.165) is 37.6 Å². The van der Waals surface area contributed by atoms with E-state index < -0.39 is 0 Å². The molecule has 1 fully saturated rings. The molecule has 0 radical (unpaired) electrons. The number of nitrogens with zero attached hydrogens (tertiary/aromatic N) is 2. The first-order valence-corrected chi connectivity index (χ1v) is 10.7. The maximum Gasteiger partial charge on any atom is 0.203 e. The number of likely N-dealkylation sites (tertiary alicyclic amines) is 1. The van der Waals surface area contributed by atoms with E-state index in [-0.39, 0.29) is 0 Å². The molecule has 0 amide bonds. The highest BCUT2D eigenvalue weighted by Gasteiger charge is 2.17. The number of ether oxygens (including phenoxy) is 3. The van der Waals surface area contributed by atoms with Gasteiger partial charge in [0.05, 0.1) is 27.9 Å². The lowest BCUT2D eigenvalue weighted by molar-refractivity contribution is 0.159. The lowest BCUT2D eigenvalue weighted by Crippen LogP contribution is -2.41. The van der Waals surface area contributed by atoms with Gasteiger partial charge in [0, 0.05) is 25.7 Å². The Morgan fingerprint density at radius 3 is 2.41 bits per heavy atom. The van der Waals surface area contributed by atoms with Crippen LogP contribution in [0, 0.1) is 0 Å². The van der Waals surface area contributed by atoms with Gasteiger partial charge in [0.15, 0.2) is 17.5 Å².